The van der Waals surface area contributed by atoms with Crippen LogP contribution in [0.3, 0.4) is 0 Å². The van der Waals surface area contributed by atoms with E-state index in [9.17, 15) is 9.59 Å². The van der Waals surface area contributed by atoms with E-state index in [1.54, 1.807) is 11.6 Å². The van der Waals surface area contributed by atoms with Gasteiger partial charge in [0.05, 0.1) is 0 Å². The van der Waals surface area contributed by atoms with Crippen molar-refractivity contribution in [3.05, 3.63) is 12.0 Å². The minimum atomic E-state index is -0.609. The Hall–Kier alpha value is -2.18. The van der Waals surface area contributed by atoms with E-state index in [-0.39, 0.29) is 17.4 Å². The van der Waals surface area contributed by atoms with Crippen molar-refractivity contribution in [3.8, 4) is 0 Å². The van der Waals surface area contributed by atoms with Gasteiger partial charge >= 0.3 is 12.0 Å². The molecule has 148 valence electrons. The summed E-state index contributed by atoms with van der Waals surface area (Å²) in [5, 5.41) is 0. The topological polar surface area (TPSA) is 70.0 Å². The van der Waals surface area contributed by atoms with Gasteiger partial charge in [0.15, 0.2) is 5.76 Å². The molecule has 0 N–H and O–H groups in total. The first-order chi connectivity index (χ1) is 12.8. The van der Waals surface area contributed by atoms with Crippen LogP contribution in [-0.4, -0.2) is 41.2 Å². The molecular weight excluding hydrogens is 344 g/mol. The Labute approximate surface area is 161 Å². The van der Waals surface area contributed by atoms with Crippen LogP contribution in [0, 0.1) is 0 Å². The van der Waals surface area contributed by atoms with Crippen LogP contribution >= 0.6 is 0 Å². The number of carbonyl (C=O) groups is 2. The lowest BCUT2D eigenvalue weighted by molar-refractivity contribution is -0.679. The Morgan fingerprint density at radius 2 is 1.81 bits per heavy atom. The molecule has 0 aromatic carbocycles. The molecule has 0 bridgehead atoms. The van der Waals surface area contributed by atoms with Gasteiger partial charge in [-0.2, -0.15) is 4.57 Å². The predicted molar refractivity (Wildman–Crippen MR) is 102 cm³/mol. The van der Waals surface area contributed by atoms with Gasteiger partial charge in [0.1, 0.15) is 6.20 Å². The maximum Gasteiger partial charge on any atom is 0.506 e. The normalized spacial score (nSPS) is 19.4. The number of amides is 3. The van der Waals surface area contributed by atoms with Crippen molar-refractivity contribution in [2.24, 2.45) is 4.99 Å². The minimum absolute atomic E-state index is 0.176. The zero-order chi connectivity index (χ0) is 19.8. The number of rotatable bonds is 7. The molecule has 3 rings (SSSR count). The number of aromatic nitrogens is 1. The van der Waals surface area contributed by atoms with Gasteiger partial charge in [0, 0.05) is 24.0 Å². The number of amidine groups is 1. The van der Waals surface area contributed by atoms with Crippen molar-refractivity contribution in [1.82, 2.24) is 9.80 Å². The molecule has 1 atom stereocenters. The average molecular weight is 375 g/mol. The monoisotopic (exact) mass is 375 g/mol. The Morgan fingerprint density at radius 3 is 2.48 bits per heavy atom. The van der Waals surface area contributed by atoms with Crippen LogP contribution in [0.4, 0.5) is 10.8 Å². The number of oxazole rings is 1. The van der Waals surface area contributed by atoms with E-state index in [0.717, 1.165) is 25.0 Å². The van der Waals surface area contributed by atoms with E-state index in [2.05, 4.69) is 32.7 Å². The third kappa shape index (κ3) is 3.64. The number of likely N-dealkylation sites (N-methyl/N-ethyl adjacent to an activating group) is 1. The van der Waals surface area contributed by atoms with Crippen LogP contribution in [0.15, 0.2) is 15.6 Å². The van der Waals surface area contributed by atoms with E-state index in [1.807, 2.05) is 6.20 Å². The second-order valence-electron chi connectivity index (χ2n) is 8.51. The fourth-order valence-corrected chi connectivity index (χ4v) is 3.52. The molecule has 2 aliphatic rings. The molecule has 1 aromatic heterocycles. The Morgan fingerprint density at radius 1 is 1.15 bits per heavy atom. The number of imide groups is 1. The summed E-state index contributed by atoms with van der Waals surface area (Å²) in [5.41, 5.74) is -0.176. The van der Waals surface area contributed by atoms with E-state index in [4.69, 9.17) is 4.42 Å². The molecule has 1 saturated heterocycles. The van der Waals surface area contributed by atoms with Gasteiger partial charge in [-0.25, -0.2) is 4.79 Å². The Bertz CT molecular complexity index is 760. The van der Waals surface area contributed by atoms with Gasteiger partial charge in [-0.3, -0.25) is 14.6 Å². The van der Waals surface area contributed by atoms with Gasteiger partial charge in [0.2, 0.25) is 0 Å². The van der Waals surface area contributed by atoms with Crippen molar-refractivity contribution >= 4 is 23.8 Å². The summed E-state index contributed by atoms with van der Waals surface area (Å²) < 4.78 is 7.61. The molecule has 1 aromatic rings. The second-order valence-corrected chi connectivity index (χ2v) is 8.51. The fraction of sp³-hybridized carbons (Fsp3) is 0.700. The Kier molecular flexibility index (Phi) is 5.40. The van der Waals surface area contributed by atoms with E-state index in [0.29, 0.717) is 18.4 Å². The van der Waals surface area contributed by atoms with Gasteiger partial charge < -0.3 is 4.42 Å². The van der Waals surface area contributed by atoms with Gasteiger partial charge in [-0.05, 0) is 6.42 Å². The molecule has 27 heavy (non-hydrogen) atoms. The average Bonchev–Trinajstić information content (AvgIpc) is 3.16. The summed E-state index contributed by atoms with van der Waals surface area (Å²) in [6.07, 6.45) is 8.52. The number of fused-ring (bicyclic) bond motifs is 3. The van der Waals surface area contributed by atoms with E-state index in [1.165, 1.54) is 29.1 Å². The zero-order valence-electron chi connectivity index (χ0n) is 17.1. The highest BCUT2D eigenvalue weighted by Crippen LogP contribution is 2.32. The number of hydrogen-bond acceptors (Lipinski definition) is 4. The highest BCUT2D eigenvalue weighted by Gasteiger charge is 2.55. The smallest absolute Gasteiger partial charge is 0.389 e. The summed E-state index contributed by atoms with van der Waals surface area (Å²) >= 11 is 0. The number of carbonyl (C=O) groups excluding carboxylic acids is 2. The molecule has 3 heterocycles. The molecular formula is C20H31N4O3+. The molecule has 7 heteroatoms. The van der Waals surface area contributed by atoms with Crippen molar-refractivity contribution in [3.63, 3.8) is 0 Å². The van der Waals surface area contributed by atoms with Gasteiger partial charge in [-0.1, -0.05) is 59.8 Å². The van der Waals surface area contributed by atoms with E-state index < -0.39 is 6.04 Å². The van der Waals surface area contributed by atoms with Crippen LogP contribution in [0.25, 0.3) is 0 Å². The van der Waals surface area contributed by atoms with Crippen LogP contribution < -0.4 is 4.57 Å². The summed E-state index contributed by atoms with van der Waals surface area (Å²) in [5.74, 6) is 1.01. The first kappa shape index (κ1) is 19.6. The van der Waals surface area contributed by atoms with Crippen LogP contribution in [0.2, 0.25) is 0 Å². The van der Waals surface area contributed by atoms with Gasteiger partial charge in [-0.15, -0.1) is 0 Å². The van der Waals surface area contributed by atoms with Gasteiger partial charge in [0.25, 0.3) is 17.8 Å². The summed E-state index contributed by atoms with van der Waals surface area (Å²) in [4.78, 5) is 33.0. The number of nitrogens with zero attached hydrogens (tertiary/aromatic N) is 4. The second kappa shape index (κ2) is 7.44. The first-order valence-corrected chi connectivity index (χ1v) is 9.98. The summed E-state index contributed by atoms with van der Waals surface area (Å²) in [6, 6.07) is -0.526. The number of unbranched alkanes of at least 4 members (excludes halogenated alkanes) is 5. The third-order valence-corrected chi connectivity index (χ3v) is 5.25. The standard InChI is InChI=1S/C20H31N4O3/c1-6-7-8-9-10-11-12-23-17(25)15-16(22(5)19(23)26)21-18-24(15)13-14(27-18)20(2,3)4/h13,15H,6-12H2,1-5H3/q+1. The Balaban J connectivity index is 1.74. The van der Waals surface area contributed by atoms with Crippen molar-refractivity contribution in [2.45, 2.75) is 77.7 Å². The molecule has 0 aliphatic carbocycles. The van der Waals surface area contributed by atoms with Crippen LogP contribution in [0.5, 0.6) is 0 Å². The van der Waals surface area contributed by atoms with Crippen molar-refractivity contribution < 1.29 is 18.6 Å². The first-order valence-electron chi connectivity index (χ1n) is 9.98. The lowest BCUT2D eigenvalue weighted by Crippen LogP contribution is -2.62. The highest BCUT2D eigenvalue weighted by molar-refractivity contribution is 6.18. The predicted octanol–water partition coefficient (Wildman–Crippen LogP) is 3.70. The maximum absolute atomic E-state index is 13.1. The molecule has 7 nitrogen and oxygen atoms in total. The SMILES string of the molecule is CCCCCCCCN1C(=O)C2C(=Nc3oc(C(C)(C)C)c[n+]32)N(C)C1=O. The molecule has 2 aliphatic heterocycles. The maximum atomic E-state index is 13.1. The third-order valence-electron chi connectivity index (χ3n) is 5.25. The molecule has 3 amide bonds. The molecule has 0 radical (unpaired) electrons. The number of urea groups is 1. The quantitative estimate of drug-likeness (QED) is 0.539. The number of aliphatic imine (C=N–C) groups is 1. The summed E-state index contributed by atoms with van der Waals surface area (Å²) in [6.45, 7) is 8.80. The highest BCUT2D eigenvalue weighted by atomic mass is 16.4. The van der Waals surface area contributed by atoms with E-state index >= 15 is 0 Å². The lowest BCUT2D eigenvalue weighted by atomic mass is 9.94. The summed E-state index contributed by atoms with van der Waals surface area (Å²) in [7, 11) is 1.67. The van der Waals surface area contributed by atoms with Crippen molar-refractivity contribution in [1.29, 1.82) is 0 Å². The minimum Gasteiger partial charge on any atom is -0.389 e. The zero-order valence-corrected chi connectivity index (χ0v) is 17.1. The fourth-order valence-electron chi connectivity index (χ4n) is 3.52. The number of hydrogen-bond donors (Lipinski definition) is 0. The molecule has 1 unspecified atom stereocenters. The molecule has 0 spiro atoms. The largest absolute Gasteiger partial charge is 0.506 e. The van der Waals surface area contributed by atoms with Crippen LogP contribution in [0.1, 0.15) is 78.0 Å². The van der Waals surface area contributed by atoms with Crippen molar-refractivity contribution in [2.75, 3.05) is 13.6 Å². The van der Waals surface area contributed by atoms with Crippen LogP contribution in [-0.2, 0) is 10.2 Å². The molecule has 0 saturated carbocycles. The molecule has 1 fully saturated rings. The lowest BCUT2D eigenvalue weighted by Gasteiger charge is -2.32.